The number of urea groups is 2. The van der Waals surface area contributed by atoms with Crippen LogP contribution in [-0.2, 0) is 17.9 Å². The summed E-state index contributed by atoms with van der Waals surface area (Å²) in [5.41, 5.74) is 9.52. The molecule has 2 heterocycles. The number of benzene rings is 4. The van der Waals surface area contributed by atoms with Gasteiger partial charge in [-0.1, -0.05) is 84.9 Å². The number of carbonyl (C=O) groups is 5. The first-order valence-electron chi connectivity index (χ1n) is 21.6. The van der Waals surface area contributed by atoms with Gasteiger partial charge in [-0.25, -0.2) is 9.59 Å². The van der Waals surface area contributed by atoms with E-state index in [0.717, 1.165) is 61.8 Å². The lowest BCUT2D eigenvalue weighted by molar-refractivity contribution is -0.173. The number of rotatable bonds is 13. The molecule has 0 unspecified atom stereocenters. The van der Waals surface area contributed by atoms with Crippen molar-refractivity contribution in [2.45, 2.75) is 59.0 Å². The Morgan fingerprint density at radius 1 is 0.562 bits per heavy atom. The van der Waals surface area contributed by atoms with Crippen LogP contribution < -0.4 is 20.9 Å². The summed E-state index contributed by atoms with van der Waals surface area (Å²) in [6.07, 6.45) is -5.04. The van der Waals surface area contributed by atoms with Crippen molar-refractivity contribution >= 4 is 40.9 Å². The summed E-state index contributed by atoms with van der Waals surface area (Å²) >= 11 is 0. The Morgan fingerprint density at radius 3 is 1.25 bits per heavy atom. The highest BCUT2D eigenvalue weighted by atomic mass is 19.4. The fourth-order valence-corrected chi connectivity index (χ4v) is 7.39. The van der Waals surface area contributed by atoms with Crippen LogP contribution in [0.5, 0.6) is 0 Å². The number of alkyl halides is 3. The Bertz CT molecular complexity index is 2140. The largest absolute Gasteiger partial charge is 0.471 e. The molecule has 0 saturated carbocycles. The molecule has 3 N–H and O–H groups in total. The van der Waals surface area contributed by atoms with Gasteiger partial charge in [-0.2, -0.15) is 13.2 Å². The third-order valence-electron chi connectivity index (χ3n) is 11.3. The number of anilines is 2. The molecule has 64 heavy (non-hydrogen) atoms. The van der Waals surface area contributed by atoms with Crippen molar-refractivity contribution in [2.24, 2.45) is 5.73 Å². The second-order valence-corrected chi connectivity index (χ2v) is 16.3. The van der Waals surface area contributed by atoms with Gasteiger partial charge >= 0.3 is 24.1 Å². The zero-order valence-electron chi connectivity index (χ0n) is 37.0. The second-order valence-electron chi connectivity index (χ2n) is 16.3. The van der Waals surface area contributed by atoms with Crippen molar-refractivity contribution in [3.8, 4) is 0 Å². The SMILES string of the molecule is CC(C)N1CCN(C(=O)N(Cc2ccc(C(=O)CN)cc2)c2ccccc2)CC1.CC(C)N1CCN(C(=O)N(Cc2ccc(C(=O)CNC(=O)C(F)(F)F)cc2)c2ccccc2)CC1. The van der Waals surface area contributed by atoms with Crippen molar-refractivity contribution in [1.29, 1.82) is 0 Å². The van der Waals surface area contributed by atoms with Gasteiger partial charge in [0, 0.05) is 86.9 Å². The number of piperazine rings is 2. The van der Waals surface area contributed by atoms with Crippen LogP contribution >= 0.6 is 0 Å². The van der Waals surface area contributed by atoms with E-state index < -0.39 is 24.4 Å². The highest BCUT2D eigenvalue weighted by molar-refractivity contribution is 6.00. The molecule has 0 radical (unpaired) electrons. The number of amides is 5. The molecule has 13 nitrogen and oxygen atoms in total. The third kappa shape index (κ3) is 13.7. The predicted molar refractivity (Wildman–Crippen MR) is 242 cm³/mol. The fraction of sp³-hybridized carbons (Fsp3) is 0.396. The number of carbonyl (C=O) groups excluding carboxylic acids is 5. The normalized spacial score (nSPS) is 14.7. The molecule has 2 aliphatic heterocycles. The minimum atomic E-state index is -5.04. The lowest BCUT2D eigenvalue weighted by Gasteiger charge is -2.39. The molecule has 0 bridgehead atoms. The standard InChI is InChI=1S/C25H29F3N4O3.C23H30N4O2/c1-18(2)30-12-14-31(15-13-30)24(35)32(21-6-4-3-5-7-21)17-19-8-10-20(11-9-19)22(33)16-29-23(34)25(26,27)28;1-18(2)25-12-14-26(15-13-25)23(29)27(21-6-4-3-5-7-21)17-19-8-10-20(11-9-19)22(28)16-24/h3-11,18H,12-17H2,1-2H3,(H,29,34);3-11,18H,12-17,24H2,1-2H3. The molecule has 4 aromatic carbocycles. The van der Waals surface area contributed by atoms with Gasteiger partial charge in [0.15, 0.2) is 11.6 Å². The first kappa shape index (κ1) is 48.9. The maximum atomic E-state index is 13.4. The minimum Gasteiger partial charge on any atom is -0.341 e. The zero-order chi connectivity index (χ0) is 46.4. The summed E-state index contributed by atoms with van der Waals surface area (Å²) in [7, 11) is 0. The highest BCUT2D eigenvalue weighted by Gasteiger charge is 2.38. The Kier molecular flexibility index (Phi) is 17.6. The van der Waals surface area contributed by atoms with Crippen LogP contribution in [0.15, 0.2) is 109 Å². The van der Waals surface area contributed by atoms with Crippen LogP contribution in [0, 0.1) is 0 Å². The summed E-state index contributed by atoms with van der Waals surface area (Å²) in [5.74, 6) is -2.89. The van der Waals surface area contributed by atoms with E-state index in [1.807, 2.05) is 87.5 Å². The van der Waals surface area contributed by atoms with E-state index in [4.69, 9.17) is 5.73 Å². The predicted octanol–water partition coefficient (Wildman–Crippen LogP) is 6.68. The van der Waals surface area contributed by atoms with Gasteiger partial charge in [0.25, 0.3) is 0 Å². The number of halogens is 3. The molecule has 0 atom stereocenters. The van der Waals surface area contributed by atoms with E-state index in [1.165, 1.54) is 12.1 Å². The smallest absolute Gasteiger partial charge is 0.341 e. The van der Waals surface area contributed by atoms with Gasteiger partial charge in [-0.3, -0.25) is 34.0 Å². The first-order chi connectivity index (χ1) is 30.5. The van der Waals surface area contributed by atoms with Crippen molar-refractivity contribution in [3.63, 3.8) is 0 Å². The molecule has 342 valence electrons. The van der Waals surface area contributed by atoms with Crippen LogP contribution in [0.3, 0.4) is 0 Å². The number of nitrogens with zero attached hydrogens (tertiary/aromatic N) is 6. The van der Waals surface area contributed by atoms with Gasteiger partial charge in [-0.05, 0) is 63.1 Å². The lowest BCUT2D eigenvalue weighted by atomic mass is 10.1. The zero-order valence-corrected chi connectivity index (χ0v) is 37.0. The number of Topliss-reactive ketones (excluding diaryl/α,β-unsaturated/α-hetero) is 2. The third-order valence-corrected chi connectivity index (χ3v) is 11.3. The number of para-hydroxylation sites is 2. The maximum Gasteiger partial charge on any atom is 0.471 e. The van der Waals surface area contributed by atoms with E-state index in [9.17, 15) is 37.1 Å². The van der Waals surface area contributed by atoms with E-state index in [-0.39, 0.29) is 36.5 Å². The Hall–Kier alpha value is -6.10. The summed E-state index contributed by atoms with van der Waals surface area (Å²) in [5, 5.41) is 1.58. The molecule has 0 aliphatic carbocycles. The summed E-state index contributed by atoms with van der Waals surface area (Å²) in [6.45, 7) is 14.7. The Balaban J connectivity index is 0.000000245. The van der Waals surface area contributed by atoms with Crippen LogP contribution in [-0.4, -0.2) is 133 Å². The molecular formula is C48H59F3N8O5. The van der Waals surface area contributed by atoms with Gasteiger partial charge in [0.2, 0.25) is 0 Å². The molecular weight excluding hydrogens is 826 g/mol. The molecule has 6 rings (SSSR count). The van der Waals surface area contributed by atoms with Crippen LogP contribution in [0.25, 0.3) is 0 Å². The number of ketones is 2. The van der Waals surface area contributed by atoms with Crippen molar-refractivity contribution < 1.29 is 37.1 Å². The van der Waals surface area contributed by atoms with E-state index >= 15 is 0 Å². The number of nitrogens with one attached hydrogen (secondary N) is 1. The maximum absolute atomic E-state index is 13.4. The van der Waals surface area contributed by atoms with Gasteiger partial charge < -0.3 is 20.9 Å². The van der Waals surface area contributed by atoms with Crippen LogP contribution in [0.4, 0.5) is 34.1 Å². The Morgan fingerprint density at radius 2 is 0.922 bits per heavy atom. The van der Waals surface area contributed by atoms with Crippen molar-refractivity contribution in [1.82, 2.24) is 24.9 Å². The number of nitrogens with two attached hydrogens (primary N) is 1. The Labute approximate surface area is 373 Å². The van der Waals surface area contributed by atoms with E-state index in [2.05, 4.69) is 37.5 Å². The van der Waals surface area contributed by atoms with Crippen molar-refractivity contribution in [3.05, 3.63) is 131 Å². The highest BCUT2D eigenvalue weighted by Crippen LogP contribution is 2.23. The van der Waals surface area contributed by atoms with Gasteiger partial charge in [-0.15, -0.1) is 0 Å². The molecule has 5 amide bonds. The number of hydrogen-bond donors (Lipinski definition) is 2. The molecule has 0 aromatic heterocycles. The summed E-state index contributed by atoms with van der Waals surface area (Å²) < 4.78 is 36.9. The summed E-state index contributed by atoms with van der Waals surface area (Å²) in [6, 6.07) is 33.4. The topological polar surface area (TPSA) is 143 Å². The summed E-state index contributed by atoms with van der Waals surface area (Å²) in [4.78, 5) is 73.6. The van der Waals surface area contributed by atoms with E-state index in [1.54, 1.807) is 34.5 Å². The lowest BCUT2D eigenvalue weighted by Crippen LogP contribution is -2.54. The van der Waals surface area contributed by atoms with Crippen LogP contribution in [0.2, 0.25) is 0 Å². The van der Waals surface area contributed by atoms with E-state index in [0.29, 0.717) is 37.3 Å². The van der Waals surface area contributed by atoms with Gasteiger partial charge in [0.1, 0.15) is 0 Å². The molecule has 2 saturated heterocycles. The molecule has 0 spiro atoms. The van der Waals surface area contributed by atoms with Crippen LogP contribution in [0.1, 0.15) is 59.5 Å². The number of hydrogen-bond acceptors (Lipinski definition) is 8. The molecule has 2 fully saturated rings. The van der Waals surface area contributed by atoms with Crippen molar-refractivity contribution in [2.75, 3.05) is 75.2 Å². The first-order valence-corrected chi connectivity index (χ1v) is 21.6. The van der Waals surface area contributed by atoms with Gasteiger partial charge in [0.05, 0.1) is 26.2 Å². The minimum absolute atomic E-state index is 0.00364. The average molecular weight is 885 g/mol. The molecule has 4 aromatic rings. The monoisotopic (exact) mass is 884 g/mol. The molecule has 16 heteroatoms. The molecule has 2 aliphatic rings. The quantitative estimate of drug-likeness (QED) is 0.142. The fourth-order valence-electron chi connectivity index (χ4n) is 7.39. The average Bonchev–Trinajstić information content (AvgIpc) is 3.31. The second kappa shape index (κ2) is 23.0.